The number of rotatable bonds is 7. The number of nitrogens with two attached hydrogens (primary N) is 1. The summed E-state index contributed by atoms with van der Waals surface area (Å²) in [7, 11) is 1.47. The van der Waals surface area contributed by atoms with Crippen molar-refractivity contribution in [3.8, 4) is 22.8 Å². The first-order valence-corrected chi connectivity index (χ1v) is 13.5. The molecule has 3 heterocycles. The molecule has 1 aliphatic heterocycles. The minimum absolute atomic E-state index is 0.125. The van der Waals surface area contributed by atoms with Gasteiger partial charge in [0.05, 0.1) is 12.2 Å². The lowest BCUT2D eigenvalue weighted by molar-refractivity contribution is -0.274. The van der Waals surface area contributed by atoms with Crippen LogP contribution < -0.4 is 20.5 Å². The van der Waals surface area contributed by atoms with Crippen LogP contribution in [-0.2, 0) is 18.2 Å². The van der Waals surface area contributed by atoms with Gasteiger partial charge < -0.3 is 25.6 Å². The second kappa shape index (κ2) is 10.3. The molecule has 2 aliphatic rings. The molecule has 16 heteroatoms. The number of nitrogens with zero attached hydrogens (tertiary/aromatic N) is 3. The highest BCUT2D eigenvalue weighted by atomic mass is 19.4. The molecule has 4 aromatic rings. The molecule has 1 unspecified atom stereocenters. The maximum absolute atomic E-state index is 14.2. The number of aryl methyl sites for hydroxylation is 1. The van der Waals surface area contributed by atoms with Gasteiger partial charge in [0, 0.05) is 35.3 Å². The first-order valence-electron chi connectivity index (χ1n) is 13.5. The zero-order valence-corrected chi connectivity index (χ0v) is 23.3. The Labute approximate surface area is 249 Å². The van der Waals surface area contributed by atoms with E-state index in [0.29, 0.717) is 12.8 Å². The van der Waals surface area contributed by atoms with Crippen LogP contribution in [0.4, 0.5) is 30.7 Å². The number of aliphatic hydroxyl groups is 1. The zero-order valence-electron chi connectivity index (χ0n) is 23.3. The van der Waals surface area contributed by atoms with E-state index in [2.05, 4.69) is 20.1 Å². The van der Waals surface area contributed by atoms with Gasteiger partial charge in [-0.15, -0.1) is 13.2 Å². The summed E-state index contributed by atoms with van der Waals surface area (Å²) >= 11 is 0. The Hall–Kier alpha value is -4.44. The van der Waals surface area contributed by atoms with Crippen molar-refractivity contribution in [2.24, 2.45) is 18.7 Å². The van der Waals surface area contributed by atoms with Crippen molar-refractivity contribution in [2.45, 2.75) is 36.5 Å². The maximum Gasteiger partial charge on any atom is 0.573 e. The summed E-state index contributed by atoms with van der Waals surface area (Å²) in [5, 5.41) is 18.5. The van der Waals surface area contributed by atoms with Gasteiger partial charge in [-0.1, -0.05) is 0 Å². The number of amides is 1. The number of halogens is 7. The van der Waals surface area contributed by atoms with E-state index < -0.39 is 65.8 Å². The third-order valence-corrected chi connectivity index (χ3v) is 7.91. The third-order valence-electron chi connectivity index (χ3n) is 7.91. The van der Waals surface area contributed by atoms with Gasteiger partial charge in [0.25, 0.3) is 5.91 Å². The number of alkyl halides is 6. The summed E-state index contributed by atoms with van der Waals surface area (Å²) in [5.74, 6) is -3.07. The normalized spacial score (nSPS) is 19.6. The molecule has 1 saturated carbocycles. The molecule has 2 aromatic heterocycles. The average Bonchev–Trinajstić information content (AvgIpc) is 3.66. The maximum atomic E-state index is 14.2. The SMILES string of the molecule is Cn1cc2cc(C(=O)NCC(O)(c3cc4c(c(-c5ccc(F)cc5)n3)OC[C@@]4(N)C(F)(F)F)C3CC3)cc(OC(F)(F)F)c2n1. The van der Waals surface area contributed by atoms with Gasteiger partial charge in [-0.25, -0.2) is 9.37 Å². The van der Waals surface area contributed by atoms with Crippen molar-refractivity contribution in [2.75, 3.05) is 13.2 Å². The summed E-state index contributed by atoms with van der Waals surface area (Å²) in [6, 6.07) is 7.83. The Kier molecular flexibility index (Phi) is 7.00. The predicted molar refractivity (Wildman–Crippen MR) is 143 cm³/mol. The highest BCUT2D eigenvalue weighted by Gasteiger charge is 2.59. The lowest BCUT2D eigenvalue weighted by Gasteiger charge is -2.31. The molecule has 238 valence electrons. The standard InChI is InChI=1S/C29H24F7N5O4/c1-41-11-16-8-15(9-20(22(16)40-41)45-29(34,35)36)25(42)38-12-26(43,17-4-5-17)21-10-19-24(44-13-27(19,37)28(31,32)33)23(39-21)14-2-6-18(30)7-3-14/h2-3,6-11,17,43H,4-5,12-13,37H2,1H3,(H,38,42)/t26?,27-/m0/s1. The van der Waals surface area contributed by atoms with Crippen LogP contribution in [0.2, 0.25) is 0 Å². The van der Waals surface area contributed by atoms with Gasteiger partial charge >= 0.3 is 12.5 Å². The Morgan fingerprint density at radius 2 is 1.84 bits per heavy atom. The molecule has 9 nitrogen and oxygen atoms in total. The molecular weight excluding hydrogens is 615 g/mol. The summed E-state index contributed by atoms with van der Waals surface area (Å²) in [6.07, 6.45) is -7.80. The number of pyridine rings is 1. The van der Waals surface area contributed by atoms with Crippen molar-refractivity contribution in [1.82, 2.24) is 20.1 Å². The molecule has 4 N–H and O–H groups in total. The van der Waals surface area contributed by atoms with Gasteiger partial charge in [-0.3, -0.25) is 9.48 Å². The van der Waals surface area contributed by atoms with Crippen LogP contribution in [0.25, 0.3) is 22.2 Å². The van der Waals surface area contributed by atoms with E-state index in [1.165, 1.54) is 36.1 Å². The first-order chi connectivity index (χ1) is 21.0. The van der Waals surface area contributed by atoms with Crippen LogP contribution in [-0.4, -0.2) is 51.5 Å². The molecule has 45 heavy (non-hydrogen) atoms. The number of benzene rings is 2. The predicted octanol–water partition coefficient (Wildman–Crippen LogP) is 4.81. The fourth-order valence-corrected chi connectivity index (χ4v) is 5.41. The molecule has 0 radical (unpaired) electrons. The molecule has 0 saturated heterocycles. The molecule has 1 amide bonds. The molecular formula is C29H24F7N5O4. The number of fused-ring (bicyclic) bond motifs is 2. The number of hydrogen-bond donors (Lipinski definition) is 3. The quantitative estimate of drug-likeness (QED) is 0.248. The minimum atomic E-state index is -5.08. The number of aromatic nitrogens is 3. The Morgan fingerprint density at radius 3 is 2.47 bits per heavy atom. The second-order valence-electron chi connectivity index (χ2n) is 11.1. The van der Waals surface area contributed by atoms with Crippen molar-refractivity contribution < 1.29 is 50.1 Å². The number of hydrogen-bond acceptors (Lipinski definition) is 7. The Balaban J connectivity index is 1.39. The van der Waals surface area contributed by atoms with Crippen molar-refractivity contribution >= 4 is 16.8 Å². The number of ether oxygens (including phenoxy) is 2. The second-order valence-corrected chi connectivity index (χ2v) is 11.1. The van der Waals surface area contributed by atoms with Crippen molar-refractivity contribution in [1.29, 1.82) is 0 Å². The lowest BCUT2D eigenvalue weighted by Crippen LogP contribution is -2.52. The summed E-state index contributed by atoms with van der Waals surface area (Å²) in [6.45, 7) is -1.54. The fourth-order valence-electron chi connectivity index (χ4n) is 5.41. The number of carbonyl (C=O) groups is 1. The van der Waals surface area contributed by atoms with Crippen LogP contribution in [0.1, 0.15) is 34.5 Å². The van der Waals surface area contributed by atoms with E-state index in [-0.39, 0.29) is 39.2 Å². The Morgan fingerprint density at radius 1 is 1.16 bits per heavy atom. The first kappa shape index (κ1) is 30.6. The lowest BCUT2D eigenvalue weighted by atomic mass is 9.86. The van der Waals surface area contributed by atoms with Crippen LogP contribution in [0, 0.1) is 11.7 Å². The van der Waals surface area contributed by atoms with Gasteiger partial charge in [-0.2, -0.15) is 18.3 Å². The number of carbonyl (C=O) groups excluding carboxylic acids is 1. The van der Waals surface area contributed by atoms with Crippen LogP contribution >= 0.6 is 0 Å². The molecule has 1 fully saturated rings. The van der Waals surface area contributed by atoms with Crippen LogP contribution in [0.15, 0.2) is 48.7 Å². The topological polar surface area (TPSA) is 125 Å². The van der Waals surface area contributed by atoms with Gasteiger partial charge in [0.2, 0.25) is 0 Å². The highest BCUT2D eigenvalue weighted by molar-refractivity contribution is 5.99. The monoisotopic (exact) mass is 639 g/mol. The summed E-state index contributed by atoms with van der Waals surface area (Å²) in [5.41, 5.74) is -0.246. The largest absolute Gasteiger partial charge is 0.573 e. The zero-order chi connectivity index (χ0) is 32.5. The van der Waals surface area contributed by atoms with Gasteiger partial charge in [0.1, 0.15) is 29.2 Å². The minimum Gasteiger partial charge on any atom is -0.488 e. The summed E-state index contributed by atoms with van der Waals surface area (Å²) in [4.78, 5) is 17.7. The molecule has 0 spiro atoms. The van der Waals surface area contributed by atoms with E-state index >= 15 is 0 Å². The molecule has 2 aromatic carbocycles. The summed E-state index contributed by atoms with van der Waals surface area (Å²) < 4.78 is 106. The van der Waals surface area contributed by atoms with E-state index in [1.807, 2.05) is 0 Å². The smallest absolute Gasteiger partial charge is 0.488 e. The van der Waals surface area contributed by atoms with Crippen molar-refractivity contribution in [3.63, 3.8) is 0 Å². The molecule has 6 rings (SSSR count). The van der Waals surface area contributed by atoms with Crippen LogP contribution in [0.5, 0.6) is 11.5 Å². The number of nitrogens with one attached hydrogen (secondary N) is 1. The average molecular weight is 640 g/mol. The van der Waals surface area contributed by atoms with E-state index in [1.54, 1.807) is 0 Å². The fraction of sp³-hybridized carbons (Fsp3) is 0.345. The van der Waals surface area contributed by atoms with E-state index in [4.69, 9.17) is 10.5 Å². The molecule has 0 bridgehead atoms. The van der Waals surface area contributed by atoms with E-state index in [9.17, 15) is 40.6 Å². The van der Waals surface area contributed by atoms with Gasteiger partial charge in [0.15, 0.2) is 17.0 Å². The van der Waals surface area contributed by atoms with Crippen molar-refractivity contribution in [3.05, 3.63) is 71.3 Å². The van der Waals surface area contributed by atoms with E-state index in [0.717, 1.165) is 24.3 Å². The third kappa shape index (κ3) is 5.52. The van der Waals surface area contributed by atoms with Crippen LogP contribution in [0.3, 0.4) is 0 Å². The van der Waals surface area contributed by atoms with Gasteiger partial charge in [-0.05, 0) is 61.2 Å². The Bertz CT molecular complexity index is 1800. The molecule has 2 atom stereocenters. The molecule has 1 aliphatic carbocycles. The highest BCUT2D eigenvalue weighted by Crippen LogP contribution is 2.52.